The van der Waals surface area contributed by atoms with E-state index >= 15 is 0 Å². The lowest BCUT2D eigenvalue weighted by Gasteiger charge is -2.32. The van der Waals surface area contributed by atoms with E-state index in [-0.39, 0.29) is 11.6 Å². The van der Waals surface area contributed by atoms with Crippen molar-refractivity contribution in [1.82, 2.24) is 15.1 Å². The first-order valence-corrected chi connectivity index (χ1v) is 9.75. The highest BCUT2D eigenvalue weighted by Gasteiger charge is 2.16. The molecule has 8 heteroatoms. The van der Waals surface area contributed by atoms with Crippen LogP contribution in [0, 0.1) is 12.8 Å². The SMILES string of the molecule is Cc1cc(Nc2cc(C(=O)Nc3ccc(N4CCC(C)CC4)cc3)ncn2)no1. The van der Waals surface area contributed by atoms with Gasteiger partial charge in [0.2, 0.25) is 0 Å². The molecule has 1 aliphatic rings. The summed E-state index contributed by atoms with van der Waals surface area (Å²) < 4.78 is 5.01. The largest absolute Gasteiger partial charge is 0.372 e. The van der Waals surface area contributed by atoms with Crippen LogP contribution in [0.25, 0.3) is 0 Å². The number of carbonyl (C=O) groups excluding carboxylic acids is 1. The normalized spacial score (nSPS) is 14.6. The van der Waals surface area contributed by atoms with Gasteiger partial charge in [-0.1, -0.05) is 12.1 Å². The molecule has 1 aliphatic heterocycles. The fourth-order valence-electron chi connectivity index (χ4n) is 3.32. The van der Waals surface area contributed by atoms with Crippen LogP contribution in [-0.2, 0) is 0 Å². The molecule has 0 aliphatic carbocycles. The standard InChI is InChI=1S/C21H24N6O2/c1-14-7-9-27(10-8-14)17-5-3-16(4-6-17)24-21(28)18-12-19(23-13-22-18)25-20-11-15(2)29-26-20/h3-6,11-14H,7-10H2,1-2H3,(H,24,28)(H,22,23,25,26). The smallest absolute Gasteiger partial charge is 0.274 e. The monoisotopic (exact) mass is 392 g/mol. The maximum absolute atomic E-state index is 12.6. The van der Waals surface area contributed by atoms with Gasteiger partial charge in [0.05, 0.1) is 0 Å². The van der Waals surface area contributed by atoms with Crippen molar-refractivity contribution in [1.29, 1.82) is 0 Å². The summed E-state index contributed by atoms with van der Waals surface area (Å²) in [7, 11) is 0. The molecule has 0 saturated carbocycles. The molecule has 4 rings (SSSR count). The van der Waals surface area contributed by atoms with Gasteiger partial charge in [-0.2, -0.15) is 0 Å². The third-order valence-corrected chi connectivity index (χ3v) is 5.06. The number of aromatic nitrogens is 3. The van der Waals surface area contributed by atoms with Crippen molar-refractivity contribution in [3.8, 4) is 0 Å². The lowest BCUT2D eigenvalue weighted by atomic mass is 9.99. The zero-order chi connectivity index (χ0) is 20.2. The summed E-state index contributed by atoms with van der Waals surface area (Å²) in [6.45, 7) is 6.26. The van der Waals surface area contributed by atoms with E-state index in [9.17, 15) is 4.79 Å². The highest BCUT2D eigenvalue weighted by Crippen LogP contribution is 2.24. The molecule has 3 aromatic rings. The van der Waals surface area contributed by atoms with Crippen molar-refractivity contribution in [2.45, 2.75) is 26.7 Å². The van der Waals surface area contributed by atoms with E-state index in [0.717, 1.165) is 24.7 Å². The third-order valence-electron chi connectivity index (χ3n) is 5.06. The number of aryl methyl sites for hydroxylation is 1. The predicted octanol–water partition coefficient (Wildman–Crippen LogP) is 4.01. The fraction of sp³-hybridized carbons (Fsp3) is 0.333. The van der Waals surface area contributed by atoms with Gasteiger partial charge in [0.15, 0.2) is 5.82 Å². The van der Waals surface area contributed by atoms with Crippen LogP contribution in [0.1, 0.15) is 36.0 Å². The van der Waals surface area contributed by atoms with Crippen LogP contribution in [0.4, 0.5) is 23.0 Å². The molecule has 0 radical (unpaired) electrons. The average molecular weight is 392 g/mol. The van der Waals surface area contributed by atoms with Crippen molar-refractivity contribution in [3.05, 3.63) is 54.2 Å². The molecule has 1 amide bonds. The molecular formula is C21H24N6O2. The number of hydrogen-bond acceptors (Lipinski definition) is 7. The molecule has 29 heavy (non-hydrogen) atoms. The van der Waals surface area contributed by atoms with Gasteiger partial charge < -0.3 is 20.1 Å². The minimum Gasteiger partial charge on any atom is -0.372 e. The number of rotatable bonds is 5. The second-order valence-electron chi connectivity index (χ2n) is 7.41. The van der Waals surface area contributed by atoms with Crippen molar-refractivity contribution < 1.29 is 9.32 Å². The Morgan fingerprint density at radius 2 is 1.86 bits per heavy atom. The molecule has 1 aromatic carbocycles. The Balaban J connectivity index is 1.39. The third kappa shape index (κ3) is 4.71. The van der Waals surface area contributed by atoms with Gasteiger partial charge in [0, 0.05) is 36.6 Å². The quantitative estimate of drug-likeness (QED) is 0.677. The van der Waals surface area contributed by atoms with E-state index in [2.05, 4.69) is 37.6 Å². The highest BCUT2D eigenvalue weighted by atomic mass is 16.5. The van der Waals surface area contributed by atoms with Crippen LogP contribution in [-0.4, -0.2) is 34.1 Å². The van der Waals surface area contributed by atoms with E-state index in [1.54, 1.807) is 19.1 Å². The highest BCUT2D eigenvalue weighted by molar-refractivity contribution is 6.03. The Hall–Kier alpha value is -3.42. The molecule has 8 nitrogen and oxygen atoms in total. The summed E-state index contributed by atoms with van der Waals surface area (Å²) in [4.78, 5) is 23.1. The number of benzene rings is 1. The molecule has 0 spiro atoms. The van der Waals surface area contributed by atoms with Gasteiger partial charge >= 0.3 is 0 Å². The number of amides is 1. The van der Waals surface area contributed by atoms with E-state index in [1.165, 1.54) is 24.9 Å². The number of nitrogens with zero attached hydrogens (tertiary/aromatic N) is 4. The van der Waals surface area contributed by atoms with Crippen LogP contribution in [0.3, 0.4) is 0 Å². The summed E-state index contributed by atoms with van der Waals surface area (Å²) >= 11 is 0. The van der Waals surface area contributed by atoms with Crippen LogP contribution in [0.5, 0.6) is 0 Å². The Morgan fingerprint density at radius 1 is 1.10 bits per heavy atom. The number of nitrogens with one attached hydrogen (secondary N) is 2. The summed E-state index contributed by atoms with van der Waals surface area (Å²) in [5, 5.41) is 9.72. The predicted molar refractivity (Wildman–Crippen MR) is 112 cm³/mol. The molecule has 0 bridgehead atoms. The van der Waals surface area contributed by atoms with E-state index < -0.39 is 0 Å². The van der Waals surface area contributed by atoms with E-state index in [1.807, 2.05) is 24.3 Å². The molecule has 0 unspecified atom stereocenters. The zero-order valence-corrected chi connectivity index (χ0v) is 16.6. The molecule has 0 atom stereocenters. The summed E-state index contributed by atoms with van der Waals surface area (Å²) in [6, 6.07) is 11.2. The summed E-state index contributed by atoms with van der Waals surface area (Å²) in [5.74, 6) is 2.17. The first kappa shape index (κ1) is 18.9. The van der Waals surface area contributed by atoms with Crippen molar-refractivity contribution >= 4 is 28.9 Å². The molecule has 2 aromatic heterocycles. The second kappa shape index (κ2) is 8.30. The van der Waals surface area contributed by atoms with Gasteiger partial charge in [0.1, 0.15) is 23.6 Å². The number of hydrogen-bond donors (Lipinski definition) is 2. The molecule has 3 heterocycles. The average Bonchev–Trinajstić information content (AvgIpc) is 3.14. The van der Waals surface area contributed by atoms with Crippen LogP contribution < -0.4 is 15.5 Å². The maximum Gasteiger partial charge on any atom is 0.274 e. The molecule has 2 N–H and O–H groups in total. The minimum absolute atomic E-state index is 0.261. The first-order chi connectivity index (χ1) is 14.1. The van der Waals surface area contributed by atoms with Crippen molar-refractivity contribution in [3.63, 3.8) is 0 Å². The second-order valence-corrected chi connectivity index (χ2v) is 7.41. The van der Waals surface area contributed by atoms with Crippen LogP contribution in [0.15, 0.2) is 47.2 Å². The Kier molecular flexibility index (Phi) is 5.41. The molecule has 1 fully saturated rings. The maximum atomic E-state index is 12.6. The Bertz CT molecular complexity index is 977. The molecule has 150 valence electrons. The van der Waals surface area contributed by atoms with Crippen molar-refractivity contribution in [2.24, 2.45) is 5.92 Å². The lowest BCUT2D eigenvalue weighted by Crippen LogP contribution is -2.32. The minimum atomic E-state index is -0.300. The Labute approximate surface area is 169 Å². The number of anilines is 4. The van der Waals surface area contributed by atoms with Gasteiger partial charge in [-0.3, -0.25) is 4.79 Å². The number of carbonyl (C=O) groups is 1. The van der Waals surface area contributed by atoms with Gasteiger partial charge in [-0.15, -0.1) is 0 Å². The fourth-order valence-corrected chi connectivity index (χ4v) is 3.32. The van der Waals surface area contributed by atoms with Crippen LogP contribution >= 0.6 is 0 Å². The van der Waals surface area contributed by atoms with Gasteiger partial charge in [-0.25, -0.2) is 9.97 Å². The molecule has 1 saturated heterocycles. The van der Waals surface area contributed by atoms with E-state index in [0.29, 0.717) is 17.4 Å². The van der Waals surface area contributed by atoms with Crippen LogP contribution in [0.2, 0.25) is 0 Å². The summed E-state index contributed by atoms with van der Waals surface area (Å²) in [6.07, 6.45) is 3.78. The van der Waals surface area contributed by atoms with Gasteiger partial charge in [0.25, 0.3) is 5.91 Å². The topological polar surface area (TPSA) is 96.2 Å². The Morgan fingerprint density at radius 3 is 2.55 bits per heavy atom. The lowest BCUT2D eigenvalue weighted by molar-refractivity contribution is 0.102. The molecular weight excluding hydrogens is 368 g/mol. The zero-order valence-electron chi connectivity index (χ0n) is 16.6. The van der Waals surface area contributed by atoms with Crippen molar-refractivity contribution in [2.75, 3.05) is 28.6 Å². The summed E-state index contributed by atoms with van der Waals surface area (Å²) in [5.41, 5.74) is 2.17. The van der Waals surface area contributed by atoms with E-state index in [4.69, 9.17) is 4.52 Å². The van der Waals surface area contributed by atoms with Gasteiger partial charge in [-0.05, 0) is 49.9 Å². The number of piperidine rings is 1. The first-order valence-electron chi connectivity index (χ1n) is 9.75.